The SMILES string of the molecule is CC(C)n1c(CCNC(=O)[C@@H]2CC[C@H](CN)O2)nc2ccccc21. The molecule has 6 nitrogen and oxygen atoms in total. The number of fused-ring (bicyclic) bond motifs is 1. The number of amides is 1. The number of para-hydroxylation sites is 2. The van der Waals surface area contributed by atoms with Crippen LogP contribution in [0.3, 0.4) is 0 Å². The van der Waals surface area contributed by atoms with Gasteiger partial charge in [0.25, 0.3) is 0 Å². The number of rotatable bonds is 6. The van der Waals surface area contributed by atoms with Gasteiger partial charge in [-0.3, -0.25) is 4.79 Å². The predicted octanol–water partition coefficient (Wildman–Crippen LogP) is 1.78. The Bertz CT molecular complexity index is 710. The first kappa shape index (κ1) is 16.9. The van der Waals surface area contributed by atoms with E-state index < -0.39 is 0 Å². The average molecular weight is 330 g/mol. The molecular weight excluding hydrogens is 304 g/mol. The molecule has 2 atom stereocenters. The lowest BCUT2D eigenvalue weighted by Crippen LogP contribution is -2.36. The monoisotopic (exact) mass is 330 g/mol. The van der Waals surface area contributed by atoms with E-state index in [4.69, 9.17) is 15.5 Å². The van der Waals surface area contributed by atoms with Crippen LogP contribution in [0.2, 0.25) is 0 Å². The Balaban J connectivity index is 1.62. The van der Waals surface area contributed by atoms with E-state index in [1.807, 2.05) is 18.2 Å². The van der Waals surface area contributed by atoms with Crippen LogP contribution in [0.1, 0.15) is 38.6 Å². The van der Waals surface area contributed by atoms with Crippen molar-refractivity contribution in [1.29, 1.82) is 0 Å². The summed E-state index contributed by atoms with van der Waals surface area (Å²) in [7, 11) is 0. The van der Waals surface area contributed by atoms with Crippen molar-refractivity contribution in [2.75, 3.05) is 13.1 Å². The quantitative estimate of drug-likeness (QED) is 0.846. The van der Waals surface area contributed by atoms with Crippen LogP contribution < -0.4 is 11.1 Å². The van der Waals surface area contributed by atoms with E-state index in [1.54, 1.807) is 0 Å². The first-order valence-corrected chi connectivity index (χ1v) is 8.69. The molecule has 1 aromatic carbocycles. The molecule has 3 N–H and O–H groups in total. The topological polar surface area (TPSA) is 82.2 Å². The summed E-state index contributed by atoms with van der Waals surface area (Å²) in [4.78, 5) is 16.9. The van der Waals surface area contributed by atoms with Gasteiger partial charge in [0, 0.05) is 25.6 Å². The van der Waals surface area contributed by atoms with E-state index >= 15 is 0 Å². The van der Waals surface area contributed by atoms with Crippen molar-refractivity contribution < 1.29 is 9.53 Å². The number of hydrogen-bond acceptors (Lipinski definition) is 4. The van der Waals surface area contributed by atoms with Crippen molar-refractivity contribution in [3.63, 3.8) is 0 Å². The van der Waals surface area contributed by atoms with Gasteiger partial charge in [-0.1, -0.05) is 12.1 Å². The lowest BCUT2D eigenvalue weighted by Gasteiger charge is -2.15. The second-order valence-electron chi connectivity index (χ2n) is 6.58. The zero-order valence-corrected chi connectivity index (χ0v) is 14.4. The Morgan fingerprint density at radius 2 is 2.21 bits per heavy atom. The maximum Gasteiger partial charge on any atom is 0.249 e. The van der Waals surface area contributed by atoms with Gasteiger partial charge in [0.1, 0.15) is 11.9 Å². The number of benzene rings is 1. The third kappa shape index (κ3) is 3.44. The Morgan fingerprint density at radius 1 is 1.42 bits per heavy atom. The minimum Gasteiger partial charge on any atom is -0.364 e. The molecule has 3 rings (SSSR count). The highest BCUT2D eigenvalue weighted by molar-refractivity contribution is 5.81. The maximum atomic E-state index is 12.2. The molecule has 0 aliphatic carbocycles. The Kier molecular flexibility index (Phi) is 5.16. The number of imidazole rings is 1. The summed E-state index contributed by atoms with van der Waals surface area (Å²) in [5, 5.41) is 2.97. The molecule has 1 fully saturated rings. The first-order valence-electron chi connectivity index (χ1n) is 8.69. The van der Waals surface area contributed by atoms with Gasteiger partial charge < -0.3 is 20.4 Å². The molecule has 0 radical (unpaired) electrons. The standard InChI is InChI=1S/C18H26N4O2/c1-12(2)22-15-6-4-3-5-14(15)21-17(22)9-10-20-18(23)16-8-7-13(11-19)24-16/h3-6,12-13,16H,7-11,19H2,1-2H3,(H,20,23)/t13-,16+/m1/s1. The molecule has 1 aliphatic heterocycles. The number of nitrogens with two attached hydrogens (primary N) is 1. The number of aromatic nitrogens is 2. The Morgan fingerprint density at radius 3 is 2.92 bits per heavy atom. The van der Waals surface area contributed by atoms with E-state index in [1.165, 1.54) is 0 Å². The Hall–Kier alpha value is -1.92. The van der Waals surface area contributed by atoms with E-state index in [9.17, 15) is 4.79 Å². The Labute approximate surface area is 142 Å². The molecule has 130 valence electrons. The van der Waals surface area contributed by atoms with Gasteiger partial charge in [-0.25, -0.2) is 4.98 Å². The van der Waals surface area contributed by atoms with E-state index in [0.717, 1.165) is 29.7 Å². The number of nitrogens with one attached hydrogen (secondary N) is 1. The number of hydrogen-bond donors (Lipinski definition) is 2. The number of ether oxygens (including phenoxy) is 1. The number of carbonyl (C=O) groups excluding carboxylic acids is 1. The molecule has 1 aliphatic rings. The molecule has 24 heavy (non-hydrogen) atoms. The number of carbonyl (C=O) groups is 1. The maximum absolute atomic E-state index is 12.2. The molecule has 0 saturated carbocycles. The fourth-order valence-corrected chi connectivity index (χ4v) is 3.33. The molecule has 0 bridgehead atoms. The highest BCUT2D eigenvalue weighted by Crippen LogP contribution is 2.21. The van der Waals surface area contributed by atoms with E-state index in [0.29, 0.717) is 25.6 Å². The molecule has 0 unspecified atom stereocenters. The minimum atomic E-state index is -0.359. The van der Waals surface area contributed by atoms with Crippen molar-refractivity contribution in [3.8, 4) is 0 Å². The summed E-state index contributed by atoms with van der Waals surface area (Å²) in [5.41, 5.74) is 7.72. The molecule has 0 spiro atoms. The van der Waals surface area contributed by atoms with E-state index in [-0.39, 0.29) is 18.1 Å². The van der Waals surface area contributed by atoms with Crippen LogP contribution in [-0.2, 0) is 16.0 Å². The second-order valence-corrected chi connectivity index (χ2v) is 6.58. The molecule has 1 aromatic heterocycles. The summed E-state index contributed by atoms with van der Waals surface area (Å²) >= 11 is 0. The van der Waals surface area contributed by atoms with Crippen molar-refractivity contribution in [2.24, 2.45) is 5.73 Å². The normalized spacial score (nSPS) is 20.8. The third-order valence-corrected chi connectivity index (χ3v) is 4.50. The minimum absolute atomic E-state index is 0.0193. The van der Waals surface area contributed by atoms with Crippen LogP contribution in [0.25, 0.3) is 11.0 Å². The summed E-state index contributed by atoms with van der Waals surface area (Å²) in [6.45, 7) is 5.33. The highest BCUT2D eigenvalue weighted by Gasteiger charge is 2.29. The van der Waals surface area contributed by atoms with E-state index in [2.05, 4.69) is 29.8 Å². The van der Waals surface area contributed by atoms with Gasteiger partial charge in [-0.05, 0) is 38.8 Å². The van der Waals surface area contributed by atoms with Crippen LogP contribution in [0.15, 0.2) is 24.3 Å². The van der Waals surface area contributed by atoms with Crippen molar-refractivity contribution in [1.82, 2.24) is 14.9 Å². The average Bonchev–Trinajstić information content (AvgIpc) is 3.18. The molecule has 1 saturated heterocycles. The fourth-order valence-electron chi connectivity index (χ4n) is 3.33. The smallest absolute Gasteiger partial charge is 0.249 e. The zero-order valence-electron chi connectivity index (χ0n) is 14.4. The molecule has 6 heteroatoms. The largest absolute Gasteiger partial charge is 0.364 e. The lowest BCUT2D eigenvalue weighted by molar-refractivity contribution is -0.131. The van der Waals surface area contributed by atoms with Gasteiger partial charge in [-0.15, -0.1) is 0 Å². The number of nitrogens with zero attached hydrogens (tertiary/aromatic N) is 2. The predicted molar refractivity (Wildman–Crippen MR) is 93.8 cm³/mol. The van der Waals surface area contributed by atoms with Gasteiger partial charge in [0.2, 0.25) is 5.91 Å². The van der Waals surface area contributed by atoms with Crippen LogP contribution in [0, 0.1) is 0 Å². The van der Waals surface area contributed by atoms with Gasteiger partial charge in [-0.2, -0.15) is 0 Å². The summed E-state index contributed by atoms with van der Waals surface area (Å²) in [6, 6.07) is 8.46. The lowest BCUT2D eigenvalue weighted by atomic mass is 10.2. The van der Waals surface area contributed by atoms with Gasteiger partial charge in [0.05, 0.1) is 17.1 Å². The van der Waals surface area contributed by atoms with Crippen molar-refractivity contribution in [2.45, 2.75) is 51.4 Å². The van der Waals surface area contributed by atoms with Crippen LogP contribution in [-0.4, -0.2) is 40.8 Å². The molecule has 2 heterocycles. The molecular formula is C18H26N4O2. The van der Waals surface area contributed by atoms with Crippen LogP contribution in [0.4, 0.5) is 0 Å². The summed E-state index contributed by atoms with van der Waals surface area (Å²) < 4.78 is 7.86. The highest BCUT2D eigenvalue weighted by atomic mass is 16.5. The fraction of sp³-hybridized carbons (Fsp3) is 0.556. The van der Waals surface area contributed by atoms with Crippen LogP contribution in [0.5, 0.6) is 0 Å². The summed E-state index contributed by atoms with van der Waals surface area (Å²) in [5.74, 6) is 0.955. The zero-order chi connectivity index (χ0) is 17.1. The summed E-state index contributed by atoms with van der Waals surface area (Å²) in [6.07, 6.45) is 1.97. The van der Waals surface area contributed by atoms with Crippen LogP contribution >= 0.6 is 0 Å². The molecule has 1 amide bonds. The second kappa shape index (κ2) is 7.32. The first-order chi connectivity index (χ1) is 11.6. The molecule has 2 aromatic rings. The van der Waals surface area contributed by atoms with Crippen molar-refractivity contribution in [3.05, 3.63) is 30.1 Å². The third-order valence-electron chi connectivity index (χ3n) is 4.50. The van der Waals surface area contributed by atoms with Crippen molar-refractivity contribution >= 4 is 16.9 Å². The van der Waals surface area contributed by atoms with Gasteiger partial charge in [0.15, 0.2) is 0 Å². The van der Waals surface area contributed by atoms with Gasteiger partial charge >= 0.3 is 0 Å².